The van der Waals surface area contributed by atoms with Crippen molar-refractivity contribution in [2.24, 2.45) is 0 Å². The van der Waals surface area contributed by atoms with E-state index in [-0.39, 0.29) is 0 Å². The maximum Gasteiger partial charge on any atom is 0.126 e. The Balaban J connectivity index is 1.91. The van der Waals surface area contributed by atoms with Gasteiger partial charge in [-0.1, -0.05) is 48.9 Å². The number of benzene rings is 2. The summed E-state index contributed by atoms with van der Waals surface area (Å²) in [5.74, 6) is 0.948. The van der Waals surface area contributed by atoms with Gasteiger partial charge in [-0.25, -0.2) is 0 Å². The SMILES string of the molecule is COc1ccccc1-c1ccccc1CN1CCCCC1. The first-order valence-electron chi connectivity index (χ1n) is 7.82. The minimum Gasteiger partial charge on any atom is -0.496 e. The number of ether oxygens (including phenoxy) is 1. The van der Waals surface area contributed by atoms with Crippen LogP contribution in [-0.4, -0.2) is 25.1 Å². The Labute approximate surface area is 127 Å². The molecule has 0 bridgehead atoms. The fourth-order valence-electron chi connectivity index (χ4n) is 3.15. The van der Waals surface area contributed by atoms with Crippen LogP contribution >= 0.6 is 0 Å². The van der Waals surface area contributed by atoms with Crippen molar-refractivity contribution in [2.45, 2.75) is 25.8 Å². The normalized spacial score (nSPS) is 15.9. The number of likely N-dealkylation sites (tertiary alicyclic amines) is 1. The van der Waals surface area contributed by atoms with E-state index in [1.807, 2.05) is 12.1 Å². The van der Waals surface area contributed by atoms with Gasteiger partial charge in [-0.05, 0) is 43.1 Å². The molecule has 1 saturated heterocycles. The lowest BCUT2D eigenvalue weighted by Crippen LogP contribution is -2.29. The van der Waals surface area contributed by atoms with E-state index in [1.165, 1.54) is 49.0 Å². The molecule has 0 spiro atoms. The number of hydrogen-bond donors (Lipinski definition) is 0. The van der Waals surface area contributed by atoms with Gasteiger partial charge in [-0.3, -0.25) is 4.90 Å². The van der Waals surface area contributed by atoms with Crippen molar-refractivity contribution in [3.05, 3.63) is 54.1 Å². The van der Waals surface area contributed by atoms with Gasteiger partial charge in [0.25, 0.3) is 0 Å². The predicted molar refractivity (Wildman–Crippen MR) is 87.6 cm³/mol. The van der Waals surface area contributed by atoms with E-state index in [2.05, 4.69) is 41.3 Å². The van der Waals surface area contributed by atoms with E-state index in [9.17, 15) is 0 Å². The second-order valence-electron chi connectivity index (χ2n) is 5.69. The lowest BCUT2D eigenvalue weighted by molar-refractivity contribution is 0.221. The number of methoxy groups -OCH3 is 1. The molecule has 1 aliphatic rings. The van der Waals surface area contributed by atoms with Gasteiger partial charge < -0.3 is 4.74 Å². The highest BCUT2D eigenvalue weighted by Gasteiger charge is 2.14. The second-order valence-corrected chi connectivity index (χ2v) is 5.69. The largest absolute Gasteiger partial charge is 0.496 e. The van der Waals surface area contributed by atoms with E-state index in [1.54, 1.807) is 7.11 Å². The predicted octanol–water partition coefficient (Wildman–Crippen LogP) is 4.35. The van der Waals surface area contributed by atoms with Gasteiger partial charge in [0.2, 0.25) is 0 Å². The highest BCUT2D eigenvalue weighted by atomic mass is 16.5. The molecule has 0 amide bonds. The lowest BCUT2D eigenvalue weighted by atomic mass is 9.98. The first-order chi connectivity index (χ1) is 10.4. The van der Waals surface area contributed by atoms with Crippen molar-refractivity contribution in [1.82, 2.24) is 4.90 Å². The Morgan fingerprint density at radius 2 is 1.52 bits per heavy atom. The van der Waals surface area contributed by atoms with Gasteiger partial charge in [0.15, 0.2) is 0 Å². The van der Waals surface area contributed by atoms with Crippen LogP contribution < -0.4 is 4.74 Å². The van der Waals surface area contributed by atoms with E-state index in [4.69, 9.17) is 4.74 Å². The molecule has 21 heavy (non-hydrogen) atoms. The number of nitrogens with zero attached hydrogens (tertiary/aromatic N) is 1. The van der Waals surface area contributed by atoms with Crippen molar-refractivity contribution in [2.75, 3.05) is 20.2 Å². The molecule has 3 rings (SSSR count). The molecule has 2 aromatic carbocycles. The molecule has 1 fully saturated rings. The van der Waals surface area contributed by atoms with Gasteiger partial charge in [-0.2, -0.15) is 0 Å². The molecule has 2 heteroatoms. The third-order valence-corrected chi connectivity index (χ3v) is 4.26. The smallest absolute Gasteiger partial charge is 0.126 e. The maximum atomic E-state index is 5.53. The van der Waals surface area contributed by atoms with E-state index >= 15 is 0 Å². The Kier molecular flexibility index (Phi) is 4.56. The Hall–Kier alpha value is -1.80. The topological polar surface area (TPSA) is 12.5 Å². The molecule has 110 valence electrons. The lowest BCUT2D eigenvalue weighted by Gasteiger charge is -2.27. The quantitative estimate of drug-likeness (QED) is 0.826. The van der Waals surface area contributed by atoms with Crippen LogP contribution in [0.15, 0.2) is 48.5 Å². The molecule has 0 atom stereocenters. The molecule has 0 saturated carbocycles. The minimum atomic E-state index is 0.948. The number of piperidine rings is 1. The van der Waals surface area contributed by atoms with Crippen LogP contribution in [0.4, 0.5) is 0 Å². The first kappa shape index (κ1) is 14.2. The number of rotatable bonds is 4. The molecule has 0 radical (unpaired) electrons. The van der Waals surface area contributed by atoms with E-state index in [0.29, 0.717) is 0 Å². The van der Waals surface area contributed by atoms with Gasteiger partial charge >= 0.3 is 0 Å². The summed E-state index contributed by atoms with van der Waals surface area (Å²) in [6, 6.07) is 17.0. The third-order valence-electron chi connectivity index (χ3n) is 4.26. The molecule has 0 N–H and O–H groups in total. The summed E-state index contributed by atoms with van der Waals surface area (Å²) in [5, 5.41) is 0. The fraction of sp³-hybridized carbons (Fsp3) is 0.368. The molecule has 2 nitrogen and oxygen atoms in total. The molecular weight excluding hydrogens is 258 g/mol. The highest BCUT2D eigenvalue weighted by Crippen LogP contribution is 2.32. The molecule has 0 unspecified atom stereocenters. The van der Waals surface area contributed by atoms with Crippen LogP contribution in [0.5, 0.6) is 5.75 Å². The van der Waals surface area contributed by atoms with Crippen LogP contribution in [0.25, 0.3) is 11.1 Å². The summed E-state index contributed by atoms with van der Waals surface area (Å²) in [6.07, 6.45) is 4.04. The molecule has 1 aliphatic heterocycles. The zero-order valence-corrected chi connectivity index (χ0v) is 12.7. The van der Waals surface area contributed by atoms with Gasteiger partial charge in [0.05, 0.1) is 7.11 Å². The van der Waals surface area contributed by atoms with Crippen molar-refractivity contribution in [3.8, 4) is 16.9 Å². The third kappa shape index (κ3) is 3.27. The average Bonchev–Trinajstić information content (AvgIpc) is 2.56. The average molecular weight is 281 g/mol. The summed E-state index contributed by atoms with van der Waals surface area (Å²) < 4.78 is 5.53. The van der Waals surface area contributed by atoms with Crippen LogP contribution in [-0.2, 0) is 6.54 Å². The molecule has 1 heterocycles. The van der Waals surface area contributed by atoms with Crippen LogP contribution in [0.1, 0.15) is 24.8 Å². The summed E-state index contributed by atoms with van der Waals surface area (Å²) in [7, 11) is 1.74. The van der Waals surface area contributed by atoms with Crippen molar-refractivity contribution in [3.63, 3.8) is 0 Å². The molecular formula is C19H23NO. The maximum absolute atomic E-state index is 5.53. The minimum absolute atomic E-state index is 0.948. The standard InChI is InChI=1S/C19H23NO/c1-21-19-12-6-5-11-18(19)17-10-4-3-9-16(17)15-20-13-7-2-8-14-20/h3-6,9-12H,2,7-8,13-15H2,1H3. The van der Waals surface area contributed by atoms with Gasteiger partial charge in [0, 0.05) is 12.1 Å². The Morgan fingerprint density at radius 1 is 0.857 bits per heavy atom. The van der Waals surface area contributed by atoms with Crippen LogP contribution in [0.2, 0.25) is 0 Å². The highest BCUT2D eigenvalue weighted by molar-refractivity contribution is 5.73. The Morgan fingerprint density at radius 3 is 2.29 bits per heavy atom. The van der Waals surface area contributed by atoms with E-state index in [0.717, 1.165) is 12.3 Å². The van der Waals surface area contributed by atoms with Gasteiger partial charge in [0.1, 0.15) is 5.75 Å². The van der Waals surface area contributed by atoms with E-state index < -0.39 is 0 Å². The molecule has 0 aliphatic carbocycles. The summed E-state index contributed by atoms with van der Waals surface area (Å²) in [5.41, 5.74) is 3.87. The summed E-state index contributed by atoms with van der Waals surface area (Å²) >= 11 is 0. The Bertz CT molecular complexity index is 588. The van der Waals surface area contributed by atoms with Crippen molar-refractivity contribution >= 4 is 0 Å². The van der Waals surface area contributed by atoms with Crippen LogP contribution in [0, 0.1) is 0 Å². The monoisotopic (exact) mass is 281 g/mol. The fourth-order valence-corrected chi connectivity index (χ4v) is 3.15. The summed E-state index contributed by atoms with van der Waals surface area (Å²) in [4.78, 5) is 2.57. The molecule has 2 aromatic rings. The van der Waals surface area contributed by atoms with Crippen LogP contribution in [0.3, 0.4) is 0 Å². The van der Waals surface area contributed by atoms with Crippen molar-refractivity contribution in [1.29, 1.82) is 0 Å². The molecule has 0 aromatic heterocycles. The van der Waals surface area contributed by atoms with Crippen molar-refractivity contribution < 1.29 is 4.74 Å². The zero-order chi connectivity index (χ0) is 14.5. The number of para-hydroxylation sites is 1. The summed E-state index contributed by atoms with van der Waals surface area (Å²) in [6.45, 7) is 3.48. The number of hydrogen-bond acceptors (Lipinski definition) is 2. The second kappa shape index (κ2) is 6.77. The van der Waals surface area contributed by atoms with Gasteiger partial charge in [-0.15, -0.1) is 0 Å². The first-order valence-corrected chi connectivity index (χ1v) is 7.82. The zero-order valence-electron chi connectivity index (χ0n) is 12.7.